The highest BCUT2D eigenvalue weighted by molar-refractivity contribution is 6.31. The molecule has 3 heteroatoms. The number of hydrogen-bond donors (Lipinski definition) is 1. The zero-order valence-electron chi connectivity index (χ0n) is 11.2. The molecule has 0 radical (unpaired) electrons. The van der Waals surface area contributed by atoms with Gasteiger partial charge in [0.25, 0.3) is 0 Å². The molecule has 1 aromatic heterocycles. The summed E-state index contributed by atoms with van der Waals surface area (Å²) in [5.74, 6) is 0. The lowest BCUT2D eigenvalue weighted by atomic mass is 10.1. The van der Waals surface area contributed by atoms with Crippen LogP contribution in [0.2, 0.25) is 5.02 Å². The number of aryl methyl sites for hydroxylation is 1. The molecular weight excluding hydrogens is 268 g/mol. The summed E-state index contributed by atoms with van der Waals surface area (Å²) in [6, 6.07) is 18.4. The lowest BCUT2D eigenvalue weighted by Crippen LogP contribution is -1.89. The number of benzene rings is 2. The first-order valence-corrected chi connectivity index (χ1v) is 6.95. The van der Waals surface area contributed by atoms with Crippen molar-refractivity contribution in [3.8, 4) is 11.3 Å². The van der Waals surface area contributed by atoms with Gasteiger partial charge in [-0.15, -0.1) is 0 Å². The summed E-state index contributed by atoms with van der Waals surface area (Å²) in [6.07, 6.45) is 0.805. The lowest BCUT2D eigenvalue weighted by Gasteiger charge is -2.02. The zero-order valence-corrected chi connectivity index (χ0v) is 12.0. The quantitative estimate of drug-likeness (QED) is 0.745. The van der Waals surface area contributed by atoms with E-state index >= 15 is 0 Å². The Kier molecular flexibility index (Phi) is 3.57. The van der Waals surface area contributed by atoms with Gasteiger partial charge in [-0.1, -0.05) is 54.1 Å². The Hall–Kier alpha value is -2.06. The summed E-state index contributed by atoms with van der Waals surface area (Å²) in [5.41, 5.74) is 5.47. The first-order valence-electron chi connectivity index (χ1n) is 6.57. The van der Waals surface area contributed by atoms with Gasteiger partial charge in [0.05, 0.1) is 5.69 Å². The van der Waals surface area contributed by atoms with Crippen LogP contribution in [-0.2, 0) is 6.42 Å². The van der Waals surface area contributed by atoms with E-state index in [2.05, 4.69) is 34.5 Å². The molecule has 0 saturated carbocycles. The Balaban J connectivity index is 1.82. The Labute approximate surface area is 123 Å². The van der Waals surface area contributed by atoms with Crippen molar-refractivity contribution in [3.63, 3.8) is 0 Å². The predicted molar refractivity (Wildman–Crippen MR) is 83.0 cm³/mol. The van der Waals surface area contributed by atoms with Crippen LogP contribution in [-0.4, -0.2) is 10.2 Å². The Morgan fingerprint density at radius 3 is 2.60 bits per heavy atom. The fourth-order valence-electron chi connectivity index (χ4n) is 2.18. The second-order valence-electron chi connectivity index (χ2n) is 4.90. The molecule has 20 heavy (non-hydrogen) atoms. The summed E-state index contributed by atoms with van der Waals surface area (Å²) < 4.78 is 0. The Morgan fingerprint density at radius 1 is 1.05 bits per heavy atom. The molecule has 0 aliphatic carbocycles. The highest BCUT2D eigenvalue weighted by atomic mass is 35.5. The molecule has 0 fully saturated rings. The SMILES string of the molecule is Cc1ccc(Cc2cc(-c3ccccc3)n[nH]2)cc1Cl. The molecule has 0 unspecified atom stereocenters. The van der Waals surface area contributed by atoms with E-state index in [9.17, 15) is 0 Å². The molecule has 0 aliphatic heterocycles. The Morgan fingerprint density at radius 2 is 1.85 bits per heavy atom. The molecule has 0 bridgehead atoms. The molecule has 3 aromatic rings. The highest BCUT2D eigenvalue weighted by Crippen LogP contribution is 2.21. The van der Waals surface area contributed by atoms with Crippen molar-refractivity contribution in [2.24, 2.45) is 0 Å². The van der Waals surface area contributed by atoms with Crippen molar-refractivity contribution >= 4 is 11.6 Å². The minimum Gasteiger partial charge on any atom is -0.282 e. The maximum Gasteiger partial charge on any atom is 0.0923 e. The van der Waals surface area contributed by atoms with Gasteiger partial charge in [-0.05, 0) is 30.2 Å². The highest BCUT2D eigenvalue weighted by Gasteiger charge is 2.05. The van der Waals surface area contributed by atoms with Crippen molar-refractivity contribution in [1.82, 2.24) is 10.2 Å². The second-order valence-corrected chi connectivity index (χ2v) is 5.31. The fraction of sp³-hybridized carbons (Fsp3) is 0.118. The van der Waals surface area contributed by atoms with Gasteiger partial charge in [-0.3, -0.25) is 5.10 Å². The van der Waals surface area contributed by atoms with Crippen molar-refractivity contribution in [2.75, 3.05) is 0 Å². The van der Waals surface area contributed by atoms with E-state index in [0.29, 0.717) is 0 Å². The molecule has 2 nitrogen and oxygen atoms in total. The van der Waals surface area contributed by atoms with E-state index < -0.39 is 0 Å². The molecule has 0 saturated heterocycles. The van der Waals surface area contributed by atoms with E-state index in [0.717, 1.165) is 34.0 Å². The van der Waals surface area contributed by atoms with Crippen molar-refractivity contribution in [1.29, 1.82) is 0 Å². The van der Waals surface area contributed by atoms with Gasteiger partial charge in [-0.25, -0.2) is 0 Å². The maximum atomic E-state index is 6.16. The number of nitrogens with zero attached hydrogens (tertiary/aromatic N) is 1. The molecule has 1 heterocycles. The van der Waals surface area contributed by atoms with Gasteiger partial charge in [0.2, 0.25) is 0 Å². The molecule has 2 aromatic carbocycles. The van der Waals surface area contributed by atoms with E-state index in [1.54, 1.807) is 0 Å². The van der Waals surface area contributed by atoms with Gasteiger partial charge in [0.15, 0.2) is 0 Å². The second kappa shape index (κ2) is 5.51. The van der Waals surface area contributed by atoms with Gasteiger partial charge in [0.1, 0.15) is 0 Å². The van der Waals surface area contributed by atoms with E-state index in [1.165, 1.54) is 5.56 Å². The Bertz CT molecular complexity index is 717. The average Bonchev–Trinajstić information content (AvgIpc) is 2.92. The van der Waals surface area contributed by atoms with Gasteiger partial charge in [-0.2, -0.15) is 5.10 Å². The van der Waals surface area contributed by atoms with Crippen LogP contribution >= 0.6 is 11.6 Å². The standard InChI is InChI=1S/C17H15ClN2/c1-12-7-8-13(10-16(12)18)9-15-11-17(20-19-15)14-5-3-2-4-6-14/h2-8,10-11H,9H2,1H3,(H,19,20). The van der Waals surface area contributed by atoms with Gasteiger partial charge >= 0.3 is 0 Å². The zero-order chi connectivity index (χ0) is 13.9. The van der Waals surface area contributed by atoms with E-state index in [-0.39, 0.29) is 0 Å². The van der Waals surface area contributed by atoms with Gasteiger partial charge < -0.3 is 0 Å². The first-order chi connectivity index (χ1) is 9.72. The number of hydrogen-bond acceptors (Lipinski definition) is 1. The summed E-state index contributed by atoms with van der Waals surface area (Å²) in [5, 5.41) is 8.27. The molecule has 1 N–H and O–H groups in total. The number of halogens is 1. The monoisotopic (exact) mass is 282 g/mol. The van der Waals surface area contributed by atoms with E-state index in [4.69, 9.17) is 11.6 Å². The molecule has 100 valence electrons. The van der Waals surface area contributed by atoms with Crippen LogP contribution in [0.25, 0.3) is 11.3 Å². The van der Waals surface area contributed by atoms with Gasteiger partial charge in [0, 0.05) is 22.7 Å². The van der Waals surface area contributed by atoms with Crippen LogP contribution in [0.15, 0.2) is 54.6 Å². The largest absolute Gasteiger partial charge is 0.282 e. The summed E-state index contributed by atoms with van der Waals surface area (Å²) >= 11 is 6.16. The first kappa shape index (κ1) is 12.9. The van der Waals surface area contributed by atoms with Crippen molar-refractivity contribution in [3.05, 3.63) is 76.4 Å². The number of aromatic amines is 1. The minimum atomic E-state index is 0.805. The lowest BCUT2D eigenvalue weighted by molar-refractivity contribution is 0.998. The number of rotatable bonds is 3. The van der Waals surface area contributed by atoms with Crippen molar-refractivity contribution in [2.45, 2.75) is 13.3 Å². The van der Waals surface area contributed by atoms with Crippen LogP contribution in [0.4, 0.5) is 0 Å². The normalized spacial score (nSPS) is 10.7. The summed E-state index contributed by atoms with van der Waals surface area (Å²) in [4.78, 5) is 0. The van der Waals surface area contributed by atoms with Crippen LogP contribution in [0, 0.1) is 6.92 Å². The molecule has 3 rings (SSSR count). The number of nitrogens with one attached hydrogen (secondary N) is 1. The molecular formula is C17H15ClN2. The summed E-state index contributed by atoms with van der Waals surface area (Å²) in [6.45, 7) is 2.01. The molecule has 0 atom stereocenters. The minimum absolute atomic E-state index is 0.805. The third-order valence-corrected chi connectivity index (χ3v) is 3.74. The third kappa shape index (κ3) is 2.75. The summed E-state index contributed by atoms with van der Waals surface area (Å²) in [7, 11) is 0. The van der Waals surface area contributed by atoms with Crippen molar-refractivity contribution < 1.29 is 0 Å². The van der Waals surface area contributed by atoms with Crippen LogP contribution < -0.4 is 0 Å². The number of H-pyrrole nitrogens is 1. The third-order valence-electron chi connectivity index (χ3n) is 3.33. The molecule has 0 aliphatic rings. The maximum absolute atomic E-state index is 6.16. The topological polar surface area (TPSA) is 28.7 Å². The van der Waals surface area contributed by atoms with E-state index in [1.807, 2.05) is 37.3 Å². The predicted octanol–water partition coefficient (Wildman–Crippen LogP) is 4.63. The smallest absolute Gasteiger partial charge is 0.0923 e. The molecule has 0 spiro atoms. The number of aromatic nitrogens is 2. The van der Waals surface area contributed by atoms with Crippen LogP contribution in [0.3, 0.4) is 0 Å². The van der Waals surface area contributed by atoms with Crippen LogP contribution in [0.5, 0.6) is 0 Å². The van der Waals surface area contributed by atoms with Crippen LogP contribution in [0.1, 0.15) is 16.8 Å². The fourth-order valence-corrected chi connectivity index (χ4v) is 2.38. The average molecular weight is 283 g/mol. The molecule has 0 amide bonds.